The van der Waals surface area contributed by atoms with Crippen LogP contribution in [-0.2, 0) is 9.59 Å². The molecule has 0 aliphatic heterocycles. The van der Waals surface area contributed by atoms with Gasteiger partial charge in [0.25, 0.3) is 0 Å². The third-order valence-electron chi connectivity index (χ3n) is 13.1. The molecule has 0 aromatic carbocycles. The Bertz CT molecular complexity index is 987. The van der Waals surface area contributed by atoms with Gasteiger partial charge in [-0.2, -0.15) is 0 Å². The number of aliphatic hydroxyl groups is 1. The number of hydroxylamine groups is 1. The maximum atomic E-state index is 14.2. The van der Waals surface area contributed by atoms with Crippen LogP contribution in [0.4, 0.5) is 0 Å². The molecule has 5 aliphatic carbocycles. The minimum Gasteiger partial charge on any atom is -0.393 e. The van der Waals surface area contributed by atoms with Gasteiger partial charge in [-0.05, 0) is 103 Å². The maximum absolute atomic E-state index is 14.2. The molecule has 3 unspecified atom stereocenters. The number of nitrogens with one attached hydrogen (secondary N) is 1. The van der Waals surface area contributed by atoms with E-state index in [9.17, 15) is 19.9 Å². The highest BCUT2D eigenvalue weighted by Crippen LogP contribution is 2.75. The zero-order valence-electron chi connectivity index (χ0n) is 23.0. The van der Waals surface area contributed by atoms with Crippen molar-refractivity contribution in [2.75, 3.05) is 0 Å². The molecule has 5 heteroatoms. The summed E-state index contributed by atoms with van der Waals surface area (Å²) in [6.07, 6.45) is 10.00. The highest BCUT2D eigenvalue weighted by atomic mass is 16.5. The predicted molar refractivity (Wildman–Crippen MR) is 135 cm³/mol. The highest BCUT2D eigenvalue weighted by molar-refractivity contribution is 5.95. The second kappa shape index (κ2) is 7.43. The van der Waals surface area contributed by atoms with Gasteiger partial charge in [0.2, 0.25) is 5.91 Å². The molecule has 35 heavy (non-hydrogen) atoms. The Morgan fingerprint density at radius 2 is 1.63 bits per heavy atom. The van der Waals surface area contributed by atoms with E-state index >= 15 is 0 Å². The molecule has 196 valence electrons. The van der Waals surface area contributed by atoms with Crippen molar-refractivity contribution in [1.82, 2.24) is 5.48 Å². The van der Waals surface area contributed by atoms with E-state index in [1.54, 1.807) is 0 Å². The molecule has 0 radical (unpaired) electrons. The summed E-state index contributed by atoms with van der Waals surface area (Å²) in [7, 11) is 0. The van der Waals surface area contributed by atoms with Crippen molar-refractivity contribution >= 4 is 11.7 Å². The molecule has 5 aliphatic rings. The molecule has 0 aromatic rings. The molecule has 0 heterocycles. The van der Waals surface area contributed by atoms with E-state index in [4.69, 9.17) is 0 Å². The number of amides is 1. The number of hydrogen-bond acceptors (Lipinski definition) is 4. The first-order chi connectivity index (χ1) is 16.1. The first-order valence-corrected chi connectivity index (χ1v) is 14.0. The van der Waals surface area contributed by atoms with Crippen molar-refractivity contribution in [2.24, 2.45) is 50.2 Å². The number of allylic oxidation sites excluding steroid dienone is 2. The van der Waals surface area contributed by atoms with E-state index in [-0.39, 0.29) is 45.0 Å². The first kappa shape index (κ1) is 25.4. The minimum absolute atomic E-state index is 0.00680. The van der Waals surface area contributed by atoms with Crippen molar-refractivity contribution in [2.45, 2.75) is 112 Å². The molecule has 4 saturated carbocycles. The number of carbonyl (C=O) groups excluding carboxylic acids is 2. The molecular formula is C30H47NO4. The standard InChI is InChI=1S/C30H47NO4/c1-25(2)21-9-13-30(7)23(28(21,5)12-10-22(25)33)20(32)16-19-18-8-11-27(4,24(34)31-35)17-26(18,3)14-15-29(19,30)6/h16,18,21-23,33,35H,8-15,17H2,1-7H3,(H,31,34)/t18?,21?,22-,23?,26-,27+,28-,29+,30+/m0/s1. The largest absolute Gasteiger partial charge is 0.393 e. The Labute approximate surface area is 211 Å². The van der Waals surface area contributed by atoms with Crippen molar-refractivity contribution in [3.63, 3.8) is 0 Å². The first-order valence-electron chi connectivity index (χ1n) is 14.0. The summed E-state index contributed by atoms with van der Waals surface area (Å²) in [6.45, 7) is 15.9. The summed E-state index contributed by atoms with van der Waals surface area (Å²) in [4.78, 5) is 26.7. The van der Waals surface area contributed by atoms with Gasteiger partial charge in [-0.25, -0.2) is 5.48 Å². The Hall–Kier alpha value is -1.20. The SMILES string of the molecule is CC1(C)C2CC[C@]3(C)C(C(=O)C=C4C5CC[C@@](C)(C(=O)NO)C[C@]5(C)CC[C@]43C)[C@@]2(C)CC[C@@H]1O. The fraction of sp³-hybridized carbons (Fsp3) is 0.867. The molecule has 0 aromatic heterocycles. The number of rotatable bonds is 1. The molecule has 9 atom stereocenters. The monoisotopic (exact) mass is 485 g/mol. The van der Waals surface area contributed by atoms with Crippen LogP contribution in [0.25, 0.3) is 0 Å². The normalized spacial score (nSPS) is 52.8. The quantitative estimate of drug-likeness (QED) is 0.322. The number of aliphatic hydroxyl groups excluding tert-OH is 1. The summed E-state index contributed by atoms with van der Waals surface area (Å²) >= 11 is 0. The van der Waals surface area contributed by atoms with Crippen LogP contribution in [0, 0.1) is 50.2 Å². The van der Waals surface area contributed by atoms with Crippen LogP contribution in [0.2, 0.25) is 0 Å². The number of ketones is 1. The fourth-order valence-corrected chi connectivity index (χ4v) is 10.9. The smallest absolute Gasteiger partial charge is 0.249 e. The molecule has 5 rings (SSSR count). The lowest BCUT2D eigenvalue weighted by Crippen LogP contribution is -2.66. The van der Waals surface area contributed by atoms with Crippen LogP contribution in [-0.4, -0.2) is 28.1 Å². The second-order valence-electron chi connectivity index (χ2n) is 15.1. The molecule has 4 fully saturated rings. The van der Waals surface area contributed by atoms with Gasteiger partial charge in [0.1, 0.15) is 0 Å². The Balaban J connectivity index is 1.56. The number of hydrogen-bond donors (Lipinski definition) is 3. The minimum atomic E-state index is -0.570. The van der Waals surface area contributed by atoms with Crippen LogP contribution in [0.15, 0.2) is 11.6 Å². The molecular weight excluding hydrogens is 438 g/mol. The van der Waals surface area contributed by atoms with Crippen LogP contribution >= 0.6 is 0 Å². The zero-order chi connectivity index (χ0) is 25.8. The van der Waals surface area contributed by atoms with Gasteiger partial charge >= 0.3 is 0 Å². The molecule has 3 N–H and O–H groups in total. The summed E-state index contributed by atoms with van der Waals surface area (Å²) in [5.41, 5.74) is 2.25. The third kappa shape index (κ3) is 3.06. The van der Waals surface area contributed by atoms with Gasteiger partial charge in [0, 0.05) is 11.3 Å². The van der Waals surface area contributed by atoms with Gasteiger partial charge in [-0.3, -0.25) is 14.8 Å². The van der Waals surface area contributed by atoms with Gasteiger partial charge < -0.3 is 5.11 Å². The molecule has 0 spiro atoms. The summed E-state index contributed by atoms with van der Waals surface area (Å²) in [5, 5.41) is 20.2. The third-order valence-corrected chi connectivity index (χ3v) is 13.1. The Kier molecular flexibility index (Phi) is 5.40. The van der Waals surface area contributed by atoms with E-state index in [1.807, 2.05) is 12.4 Å². The topological polar surface area (TPSA) is 86.6 Å². The van der Waals surface area contributed by atoms with Crippen molar-refractivity contribution in [3.05, 3.63) is 11.6 Å². The molecule has 1 amide bonds. The summed E-state index contributed by atoms with van der Waals surface area (Å²) < 4.78 is 0. The van der Waals surface area contributed by atoms with Gasteiger partial charge in [0.15, 0.2) is 5.78 Å². The van der Waals surface area contributed by atoms with Crippen molar-refractivity contribution < 1.29 is 19.9 Å². The van der Waals surface area contributed by atoms with Crippen LogP contribution in [0.5, 0.6) is 0 Å². The van der Waals surface area contributed by atoms with E-state index in [1.165, 1.54) is 5.57 Å². The van der Waals surface area contributed by atoms with E-state index in [0.717, 1.165) is 57.8 Å². The van der Waals surface area contributed by atoms with Crippen LogP contribution in [0.1, 0.15) is 106 Å². The van der Waals surface area contributed by atoms with E-state index < -0.39 is 5.41 Å². The maximum Gasteiger partial charge on any atom is 0.249 e. The van der Waals surface area contributed by atoms with E-state index in [2.05, 4.69) is 47.6 Å². The van der Waals surface area contributed by atoms with Crippen LogP contribution in [0.3, 0.4) is 0 Å². The second-order valence-corrected chi connectivity index (χ2v) is 15.1. The summed E-state index contributed by atoms with van der Waals surface area (Å²) in [5.74, 6) is 0.676. The molecule has 5 nitrogen and oxygen atoms in total. The van der Waals surface area contributed by atoms with Gasteiger partial charge in [0.05, 0.1) is 6.10 Å². The highest BCUT2D eigenvalue weighted by Gasteiger charge is 2.70. The molecule has 0 bridgehead atoms. The number of carbonyl (C=O) groups is 2. The Morgan fingerprint density at radius 3 is 2.29 bits per heavy atom. The lowest BCUT2D eigenvalue weighted by molar-refractivity contribution is -0.202. The lowest BCUT2D eigenvalue weighted by atomic mass is 9.33. The Morgan fingerprint density at radius 1 is 0.943 bits per heavy atom. The molecule has 0 saturated heterocycles. The van der Waals surface area contributed by atoms with Crippen molar-refractivity contribution in [1.29, 1.82) is 0 Å². The lowest BCUT2D eigenvalue weighted by Gasteiger charge is -2.70. The predicted octanol–water partition coefficient (Wildman–Crippen LogP) is 5.83. The van der Waals surface area contributed by atoms with E-state index in [0.29, 0.717) is 17.6 Å². The van der Waals surface area contributed by atoms with Crippen LogP contribution < -0.4 is 5.48 Å². The summed E-state index contributed by atoms with van der Waals surface area (Å²) in [6, 6.07) is 0. The van der Waals surface area contributed by atoms with Gasteiger partial charge in [-0.1, -0.05) is 54.0 Å². The zero-order valence-corrected chi connectivity index (χ0v) is 23.0. The average molecular weight is 486 g/mol. The van der Waals surface area contributed by atoms with Gasteiger partial charge in [-0.15, -0.1) is 0 Å². The number of fused-ring (bicyclic) bond motifs is 7. The fourth-order valence-electron chi connectivity index (χ4n) is 10.9. The average Bonchev–Trinajstić information content (AvgIpc) is 2.77. The van der Waals surface area contributed by atoms with Crippen molar-refractivity contribution in [3.8, 4) is 0 Å².